The van der Waals surface area contributed by atoms with Gasteiger partial charge in [-0.3, -0.25) is 9.69 Å². The number of rotatable bonds is 7. The second-order valence-corrected chi connectivity index (χ2v) is 5.89. The average molecular weight is 322 g/mol. The predicted molar refractivity (Wildman–Crippen MR) is 83.2 cm³/mol. The van der Waals surface area contributed by atoms with Crippen LogP contribution in [-0.2, 0) is 9.53 Å². The summed E-state index contributed by atoms with van der Waals surface area (Å²) in [6, 6.07) is 6.88. The molecule has 1 aliphatic heterocycles. The van der Waals surface area contributed by atoms with Gasteiger partial charge in [0.25, 0.3) is 5.91 Å². The minimum Gasteiger partial charge on any atom is -0.491 e. The molecule has 2 N–H and O–H groups in total. The number of carbonyl (C=O) groups excluding carboxylic acids is 2. The summed E-state index contributed by atoms with van der Waals surface area (Å²) in [5.74, 6) is 0.212. The van der Waals surface area contributed by atoms with E-state index in [1.807, 2.05) is 25.1 Å². The first-order chi connectivity index (χ1) is 10.9. The van der Waals surface area contributed by atoms with Gasteiger partial charge in [0.15, 0.2) is 0 Å². The van der Waals surface area contributed by atoms with Crippen molar-refractivity contribution in [3.63, 3.8) is 0 Å². The number of methoxy groups -OCH3 is 1. The van der Waals surface area contributed by atoms with Crippen LogP contribution in [0.25, 0.3) is 0 Å². The molecule has 2 atom stereocenters. The number of hydrogen-bond donors (Lipinski definition) is 2. The molecule has 126 valence electrons. The van der Waals surface area contributed by atoms with Gasteiger partial charge in [-0.05, 0) is 31.5 Å². The topological polar surface area (TPSA) is 88.1 Å². The van der Waals surface area contributed by atoms with Crippen LogP contribution >= 0.6 is 0 Å². The lowest BCUT2D eigenvalue weighted by Gasteiger charge is -2.21. The summed E-state index contributed by atoms with van der Waals surface area (Å²) in [4.78, 5) is 25.2. The smallest absolute Gasteiger partial charge is 0.325 e. The Morgan fingerprint density at radius 1 is 1.39 bits per heavy atom. The number of imide groups is 1. The summed E-state index contributed by atoms with van der Waals surface area (Å²) < 4.78 is 10.5. The van der Waals surface area contributed by atoms with Crippen molar-refractivity contribution in [2.75, 3.05) is 26.9 Å². The number of nitrogens with one attached hydrogen (secondary N) is 1. The highest BCUT2D eigenvalue weighted by atomic mass is 16.5. The number of hydrogen-bond acceptors (Lipinski definition) is 5. The lowest BCUT2D eigenvalue weighted by molar-refractivity contribution is -0.133. The van der Waals surface area contributed by atoms with Crippen molar-refractivity contribution >= 4 is 11.9 Å². The van der Waals surface area contributed by atoms with Crippen molar-refractivity contribution in [1.29, 1.82) is 0 Å². The zero-order chi connectivity index (χ0) is 17.0. The molecule has 7 heteroatoms. The quantitative estimate of drug-likeness (QED) is 0.721. The predicted octanol–water partition coefficient (Wildman–Crippen LogP) is 0.692. The lowest BCUT2D eigenvalue weighted by Crippen LogP contribution is -2.48. The van der Waals surface area contributed by atoms with E-state index in [2.05, 4.69) is 5.32 Å². The number of nitrogens with zero attached hydrogens (tertiary/aromatic N) is 1. The third kappa shape index (κ3) is 4.00. The number of urea groups is 1. The van der Waals surface area contributed by atoms with Crippen LogP contribution in [0.15, 0.2) is 24.3 Å². The van der Waals surface area contributed by atoms with Crippen LogP contribution in [0, 0.1) is 6.92 Å². The Kier molecular flexibility index (Phi) is 5.23. The molecule has 23 heavy (non-hydrogen) atoms. The van der Waals surface area contributed by atoms with Crippen molar-refractivity contribution < 1.29 is 24.2 Å². The van der Waals surface area contributed by atoms with Gasteiger partial charge in [-0.25, -0.2) is 4.79 Å². The molecule has 1 fully saturated rings. The van der Waals surface area contributed by atoms with Crippen molar-refractivity contribution in [1.82, 2.24) is 10.2 Å². The minimum absolute atomic E-state index is 0.0124. The average Bonchev–Trinajstić information content (AvgIpc) is 2.69. The Hall–Kier alpha value is -2.12. The zero-order valence-electron chi connectivity index (χ0n) is 13.5. The highest BCUT2D eigenvalue weighted by Gasteiger charge is 2.48. The number of aliphatic hydroxyl groups is 1. The van der Waals surface area contributed by atoms with Gasteiger partial charge in [-0.15, -0.1) is 0 Å². The number of ether oxygens (including phenoxy) is 2. The molecule has 1 saturated heterocycles. The molecule has 1 aromatic carbocycles. The zero-order valence-corrected chi connectivity index (χ0v) is 13.5. The Morgan fingerprint density at radius 3 is 2.78 bits per heavy atom. The highest BCUT2D eigenvalue weighted by Crippen LogP contribution is 2.18. The molecule has 0 saturated carbocycles. The van der Waals surface area contributed by atoms with Gasteiger partial charge in [0.1, 0.15) is 24.0 Å². The number of β-amino-alcohol motifs (C(OH)–C–C–N with tert-alkyl or cyclic N) is 1. The van der Waals surface area contributed by atoms with E-state index >= 15 is 0 Å². The maximum absolute atomic E-state index is 12.3. The molecule has 7 nitrogen and oxygen atoms in total. The number of aryl methyl sites for hydroxylation is 1. The van der Waals surface area contributed by atoms with Crippen molar-refractivity contribution in [3.05, 3.63) is 29.8 Å². The molecule has 0 unspecified atom stereocenters. The largest absolute Gasteiger partial charge is 0.491 e. The molecule has 0 bridgehead atoms. The molecule has 1 aromatic rings. The van der Waals surface area contributed by atoms with Gasteiger partial charge >= 0.3 is 6.03 Å². The number of carbonyl (C=O) groups is 2. The monoisotopic (exact) mass is 322 g/mol. The van der Waals surface area contributed by atoms with E-state index in [0.717, 1.165) is 10.5 Å². The Morgan fingerprint density at radius 2 is 2.13 bits per heavy atom. The number of aliphatic hydroxyl groups excluding tert-OH is 1. The molecular weight excluding hydrogens is 300 g/mol. The summed E-state index contributed by atoms with van der Waals surface area (Å²) in [5, 5.41) is 12.6. The van der Waals surface area contributed by atoms with Gasteiger partial charge in [0.2, 0.25) is 0 Å². The van der Waals surface area contributed by atoms with E-state index in [4.69, 9.17) is 9.47 Å². The van der Waals surface area contributed by atoms with E-state index in [0.29, 0.717) is 5.75 Å². The summed E-state index contributed by atoms with van der Waals surface area (Å²) in [6.07, 6.45) is -0.977. The van der Waals surface area contributed by atoms with Gasteiger partial charge in [-0.1, -0.05) is 12.1 Å². The van der Waals surface area contributed by atoms with Crippen molar-refractivity contribution in [2.24, 2.45) is 0 Å². The number of benzene rings is 1. The first-order valence-electron chi connectivity index (χ1n) is 7.36. The standard InChI is InChI=1S/C16H22N2O5/c1-11-5-4-6-13(7-11)23-9-12(19)8-18-14(20)16(2,10-22-3)17-15(18)21/h4-7,12,19H,8-10H2,1-3H3,(H,17,21)/t12-,16-/m0/s1. The van der Waals surface area contributed by atoms with Crippen LogP contribution in [-0.4, -0.2) is 60.5 Å². The summed E-state index contributed by atoms with van der Waals surface area (Å²) in [5.41, 5.74) is -0.0513. The van der Waals surface area contributed by atoms with E-state index in [9.17, 15) is 14.7 Å². The minimum atomic E-state index is -1.09. The second kappa shape index (κ2) is 6.97. The summed E-state index contributed by atoms with van der Waals surface area (Å²) >= 11 is 0. The van der Waals surface area contributed by atoms with Crippen molar-refractivity contribution in [3.8, 4) is 5.75 Å². The maximum atomic E-state index is 12.3. The normalized spacial score (nSPS) is 22.2. The van der Waals surface area contributed by atoms with Gasteiger partial charge in [-0.2, -0.15) is 0 Å². The van der Waals surface area contributed by atoms with Crippen molar-refractivity contribution in [2.45, 2.75) is 25.5 Å². The molecular formula is C16H22N2O5. The first-order valence-corrected chi connectivity index (χ1v) is 7.36. The second-order valence-electron chi connectivity index (χ2n) is 5.89. The van der Waals surface area contributed by atoms with Crippen LogP contribution in [0.2, 0.25) is 0 Å². The maximum Gasteiger partial charge on any atom is 0.325 e. The molecule has 1 aliphatic rings. The Balaban J connectivity index is 1.91. The lowest BCUT2D eigenvalue weighted by atomic mass is 10.0. The van der Waals surface area contributed by atoms with Crippen LogP contribution in [0.5, 0.6) is 5.75 Å². The van der Waals surface area contributed by atoms with E-state index in [-0.39, 0.29) is 19.8 Å². The molecule has 3 amide bonds. The molecule has 0 radical (unpaired) electrons. The fourth-order valence-electron chi connectivity index (χ4n) is 2.46. The third-order valence-corrected chi connectivity index (χ3v) is 3.60. The van der Waals surface area contributed by atoms with Crippen LogP contribution in [0.3, 0.4) is 0 Å². The molecule has 2 rings (SSSR count). The van der Waals surface area contributed by atoms with Gasteiger partial charge in [0.05, 0.1) is 13.2 Å². The van der Waals surface area contributed by atoms with Crippen LogP contribution in [0.1, 0.15) is 12.5 Å². The van der Waals surface area contributed by atoms with Crippen LogP contribution in [0.4, 0.5) is 4.79 Å². The highest BCUT2D eigenvalue weighted by molar-refractivity contribution is 6.06. The summed E-state index contributed by atoms with van der Waals surface area (Å²) in [7, 11) is 1.46. The van der Waals surface area contributed by atoms with Crippen LogP contribution < -0.4 is 10.1 Å². The molecule has 0 spiro atoms. The van der Waals surface area contributed by atoms with Gasteiger partial charge in [0, 0.05) is 7.11 Å². The molecule has 1 heterocycles. The summed E-state index contributed by atoms with van der Waals surface area (Å²) in [6.45, 7) is 3.46. The molecule has 0 aliphatic carbocycles. The fraction of sp³-hybridized carbons (Fsp3) is 0.500. The Bertz CT molecular complexity index is 592. The Labute approximate surface area is 135 Å². The van der Waals surface area contributed by atoms with E-state index in [1.54, 1.807) is 13.0 Å². The number of amides is 3. The van der Waals surface area contributed by atoms with E-state index < -0.39 is 23.6 Å². The fourth-order valence-corrected chi connectivity index (χ4v) is 2.46. The first kappa shape index (κ1) is 17.2. The van der Waals surface area contributed by atoms with Gasteiger partial charge < -0.3 is 19.9 Å². The molecule has 0 aromatic heterocycles. The SMILES string of the molecule is COC[C@]1(C)NC(=O)N(C[C@H](O)COc2cccc(C)c2)C1=O. The third-order valence-electron chi connectivity index (χ3n) is 3.60. The van der Waals surface area contributed by atoms with E-state index in [1.165, 1.54) is 7.11 Å².